The third kappa shape index (κ3) is 15.7. The Morgan fingerprint density at radius 1 is 1.11 bits per heavy atom. The highest BCUT2D eigenvalue weighted by Gasteiger charge is 2.31. The largest absolute Gasteiger partial charge is 0.458 e. The lowest BCUT2D eigenvalue weighted by Gasteiger charge is -2.29. The number of carbonyl (C=O) groups is 4. The summed E-state index contributed by atoms with van der Waals surface area (Å²) in [5, 5.41) is 5.62. The lowest BCUT2D eigenvalue weighted by Crippen LogP contribution is -2.48. The number of nitrogens with one attached hydrogen (secondary N) is 2. The van der Waals surface area contributed by atoms with Gasteiger partial charge in [-0.2, -0.15) is 0 Å². The van der Waals surface area contributed by atoms with Gasteiger partial charge in [0, 0.05) is 49.8 Å². The average molecular weight is 611 g/mol. The van der Waals surface area contributed by atoms with E-state index in [1.165, 1.54) is 6.08 Å². The Morgan fingerprint density at radius 3 is 2.43 bits per heavy atom. The van der Waals surface area contributed by atoms with Gasteiger partial charge in [0.05, 0.1) is 6.04 Å². The zero-order chi connectivity index (χ0) is 33.1. The van der Waals surface area contributed by atoms with Gasteiger partial charge in [0.15, 0.2) is 5.78 Å². The van der Waals surface area contributed by atoms with Crippen LogP contribution in [0.25, 0.3) is 0 Å². The van der Waals surface area contributed by atoms with E-state index >= 15 is 0 Å². The van der Waals surface area contributed by atoms with E-state index in [2.05, 4.69) is 17.6 Å². The summed E-state index contributed by atoms with van der Waals surface area (Å²) in [6.45, 7) is 16.0. The third-order valence-corrected chi connectivity index (χ3v) is 7.13. The summed E-state index contributed by atoms with van der Waals surface area (Å²) in [7, 11) is 0. The van der Waals surface area contributed by atoms with Crippen LogP contribution in [0.15, 0.2) is 71.9 Å². The van der Waals surface area contributed by atoms with Crippen LogP contribution in [0.2, 0.25) is 0 Å². The topological polar surface area (TPSA) is 111 Å². The predicted molar refractivity (Wildman–Crippen MR) is 177 cm³/mol. The number of unbranched alkanes of at least 4 members (excludes halogenated alkanes) is 1. The zero-order valence-electron chi connectivity index (χ0n) is 28.0. The van der Waals surface area contributed by atoms with E-state index < -0.39 is 17.6 Å². The molecular formula is C36H54N2O6. The Kier molecular flexibility index (Phi) is 17.7. The minimum Gasteiger partial charge on any atom is -0.458 e. The maximum Gasteiger partial charge on any atom is 0.407 e. The number of alkyl carbamates (subject to hydrolysis) is 1. The molecule has 244 valence electrons. The highest BCUT2D eigenvalue weighted by atomic mass is 16.6. The number of hydrogen-bond acceptors (Lipinski definition) is 6. The minimum absolute atomic E-state index is 0.0504. The van der Waals surface area contributed by atoms with E-state index in [-0.39, 0.29) is 42.2 Å². The highest BCUT2D eigenvalue weighted by molar-refractivity contribution is 5.94. The van der Waals surface area contributed by atoms with Crippen LogP contribution < -0.4 is 10.6 Å². The molecule has 0 saturated heterocycles. The molecule has 8 nitrogen and oxygen atoms in total. The predicted octanol–water partition coefficient (Wildman–Crippen LogP) is 7.24. The van der Waals surface area contributed by atoms with Crippen LogP contribution in [-0.4, -0.2) is 48.5 Å². The average Bonchev–Trinajstić information content (AvgIpc) is 2.95. The molecule has 0 bridgehead atoms. The molecule has 2 amide bonds. The fraction of sp³-hybridized carbons (Fsp3) is 0.556. The van der Waals surface area contributed by atoms with Gasteiger partial charge >= 0.3 is 12.1 Å². The van der Waals surface area contributed by atoms with Crippen molar-refractivity contribution in [2.75, 3.05) is 6.54 Å². The van der Waals surface area contributed by atoms with Crippen molar-refractivity contribution in [2.45, 2.75) is 112 Å². The molecule has 0 saturated carbocycles. The monoisotopic (exact) mass is 610 g/mol. The molecule has 8 heteroatoms. The van der Waals surface area contributed by atoms with Crippen LogP contribution in [0.5, 0.6) is 0 Å². The van der Waals surface area contributed by atoms with Crippen molar-refractivity contribution >= 4 is 23.8 Å². The van der Waals surface area contributed by atoms with E-state index in [4.69, 9.17) is 9.47 Å². The van der Waals surface area contributed by atoms with Crippen LogP contribution in [-0.2, 0) is 23.9 Å². The second kappa shape index (κ2) is 20.3. The number of amides is 2. The van der Waals surface area contributed by atoms with Gasteiger partial charge in [0.25, 0.3) is 0 Å². The van der Waals surface area contributed by atoms with Gasteiger partial charge in [-0.15, -0.1) is 0 Å². The van der Waals surface area contributed by atoms with Gasteiger partial charge in [-0.3, -0.25) is 9.59 Å². The summed E-state index contributed by atoms with van der Waals surface area (Å²) in [5.41, 5.74) is 1.14. The van der Waals surface area contributed by atoms with Crippen molar-refractivity contribution in [2.24, 2.45) is 11.3 Å². The summed E-state index contributed by atoms with van der Waals surface area (Å²) in [6, 6.07) is -0.675. The van der Waals surface area contributed by atoms with Crippen LogP contribution >= 0.6 is 0 Å². The molecule has 0 radical (unpaired) electrons. The fourth-order valence-electron chi connectivity index (χ4n) is 4.48. The Balaban J connectivity index is 2.68. The van der Waals surface area contributed by atoms with Crippen LogP contribution in [0, 0.1) is 11.3 Å². The van der Waals surface area contributed by atoms with E-state index in [0.717, 1.165) is 18.4 Å². The Bertz CT molecular complexity index is 1140. The number of hydrogen-bond donors (Lipinski definition) is 2. The summed E-state index contributed by atoms with van der Waals surface area (Å²) in [5.74, 6) is -0.675. The van der Waals surface area contributed by atoms with Gasteiger partial charge in [0.2, 0.25) is 5.91 Å². The number of cyclic esters (lactones) is 1. The standard InChI is InChI=1S/C36H54N2O6/c1-9-11-18-29(43-35(42)37-24-12-10-2)19-14-15-20-30(39)33(36(6,7)8)38-32(40)21-16-13-17-26(3)25-28(5)31-23-22-27(4)34(41)44-31/h9,11,13-17,21-22,25,28-29,31,33H,10,12,18-20,23-24H2,1-8H3,(H,37,42)(H,38,40)/b11-9-,15-14-,17-13-,21-16-,26-25+/t28-,29-,31-,33+/m0/s1. The molecule has 0 aliphatic carbocycles. The molecule has 1 rings (SSSR count). The van der Waals surface area contributed by atoms with Gasteiger partial charge in [-0.25, -0.2) is 9.59 Å². The number of Topliss-reactive ketones (excluding diaryl/α,β-unsaturated/α-hetero) is 1. The van der Waals surface area contributed by atoms with E-state index in [0.29, 0.717) is 31.4 Å². The Hall–Kier alpha value is -3.68. The molecule has 0 aromatic heterocycles. The van der Waals surface area contributed by atoms with Crippen molar-refractivity contribution < 1.29 is 28.7 Å². The molecular weight excluding hydrogens is 556 g/mol. The van der Waals surface area contributed by atoms with Crippen molar-refractivity contribution in [1.29, 1.82) is 0 Å². The smallest absolute Gasteiger partial charge is 0.407 e. The minimum atomic E-state index is -0.675. The molecule has 44 heavy (non-hydrogen) atoms. The molecule has 1 aliphatic heterocycles. The number of rotatable bonds is 17. The first kappa shape index (κ1) is 38.3. The maximum absolute atomic E-state index is 13.1. The quantitative estimate of drug-likeness (QED) is 0.0591. The van der Waals surface area contributed by atoms with Gasteiger partial charge in [-0.1, -0.05) is 101 Å². The van der Waals surface area contributed by atoms with Crippen molar-refractivity contribution in [3.63, 3.8) is 0 Å². The first-order valence-corrected chi connectivity index (χ1v) is 15.7. The number of esters is 1. The van der Waals surface area contributed by atoms with Gasteiger partial charge < -0.3 is 20.1 Å². The molecule has 0 spiro atoms. The Labute approximate surface area is 264 Å². The zero-order valence-corrected chi connectivity index (χ0v) is 28.0. The molecule has 4 atom stereocenters. The van der Waals surface area contributed by atoms with E-state index in [1.807, 2.05) is 78.0 Å². The fourth-order valence-corrected chi connectivity index (χ4v) is 4.48. The summed E-state index contributed by atoms with van der Waals surface area (Å²) < 4.78 is 11.0. The number of carbonyl (C=O) groups excluding carboxylic acids is 4. The highest BCUT2D eigenvalue weighted by Crippen LogP contribution is 2.23. The van der Waals surface area contributed by atoms with Crippen molar-refractivity contribution in [3.05, 3.63) is 71.9 Å². The summed E-state index contributed by atoms with van der Waals surface area (Å²) in [4.78, 5) is 49.7. The summed E-state index contributed by atoms with van der Waals surface area (Å²) >= 11 is 0. The number of ether oxygens (including phenoxy) is 2. The first-order chi connectivity index (χ1) is 20.8. The van der Waals surface area contributed by atoms with Crippen LogP contribution in [0.1, 0.15) is 93.9 Å². The summed E-state index contributed by atoms with van der Waals surface area (Å²) in [6.07, 6.45) is 21.0. The molecule has 2 N–H and O–H groups in total. The van der Waals surface area contributed by atoms with Gasteiger partial charge in [0.1, 0.15) is 12.2 Å². The van der Waals surface area contributed by atoms with Crippen LogP contribution in [0.3, 0.4) is 0 Å². The van der Waals surface area contributed by atoms with Crippen molar-refractivity contribution in [3.8, 4) is 0 Å². The first-order valence-electron chi connectivity index (χ1n) is 15.7. The molecule has 0 aromatic carbocycles. The third-order valence-electron chi connectivity index (χ3n) is 7.13. The van der Waals surface area contributed by atoms with Gasteiger partial charge in [-0.05, 0) is 32.6 Å². The van der Waals surface area contributed by atoms with E-state index in [1.54, 1.807) is 25.2 Å². The lowest BCUT2D eigenvalue weighted by molar-refractivity contribution is -0.147. The second-order valence-electron chi connectivity index (χ2n) is 12.4. The molecule has 0 fully saturated rings. The van der Waals surface area contributed by atoms with Crippen molar-refractivity contribution in [1.82, 2.24) is 10.6 Å². The number of ketones is 1. The second-order valence-corrected chi connectivity index (χ2v) is 12.4. The molecule has 0 unspecified atom stereocenters. The number of allylic oxidation sites excluding steroid dienone is 6. The molecule has 1 aliphatic rings. The molecule has 1 heterocycles. The maximum atomic E-state index is 13.1. The normalized spacial score (nSPS) is 18.4. The molecule has 0 aromatic rings. The Morgan fingerprint density at radius 2 is 1.80 bits per heavy atom. The SMILES string of the molecule is C/C=C\C[C@@H](C/C=C\CC(=O)[C@@H](NC(=O)\C=C/C=C\C(C)=C\[C@H](C)[C@@H]1CC=C(C)C(=O)O1)C(C)(C)C)OC(=O)NCCCC. The van der Waals surface area contributed by atoms with E-state index in [9.17, 15) is 19.2 Å². The lowest BCUT2D eigenvalue weighted by atomic mass is 9.83. The van der Waals surface area contributed by atoms with Crippen LogP contribution in [0.4, 0.5) is 4.79 Å².